The Bertz CT molecular complexity index is 529. The van der Waals surface area contributed by atoms with Crippen LogP contribution in [-0.4, -0.2) is 41.9 Å². The molecule has 1 aliphatic heterocycles. The highest BCUT2D eigenvalue weighted by Gasteiger charge is 2.29. The van der Waals surface area contributed by atoms with Crippen molar-refractivity contribution in [3.8, 4) is 6.07 Å². The van der Waals surface area contributed by atoms with Crippen LogP contribution in [-0.2, 0) is 11.3 Å². The lowest BCUT2D eigenvalue weighted by atomic mass is 9.94. The second-order valence-electron chi connectivity index (χ2n) is 6.63. The Balaban J connectivity index is 1.87. The number of hydrogen-bond acceptors (Lipinski definition) is 3. The fourth-order valence-electron chi connectivity index (χ4n) is 2.53. The minimum absolute atomic E-state index is 0.237. The van der Waals surface area contributed by atoms with Crippen LogP contribution in [0.1, 0.15) is 31.9 Å². The van der Waals surface area contributed by atoms with Crippen molar-refractivity contribution < 1.29 is 4.79 Å². The van der Waals surface area contributed by atoms with Crippen LogP contribution in [0.4, 0.5) is 0 Å². The highest BCUT2D eigenvalue weighted by Crippen LogP contribution is 2.19. The number of carbonyl (C=O) groups excluding carboxylic acids is 1. The molecule has 21 heavy (non-hydrogen) atoms. The van der Waals surface area contributed by atoms with Crippen molar-refractivity contribution in [3.63, 3.8) is 0 Å². The third-order valence-electron chi connectivity index (χ3n) is 3.79. The van der Waals surface area contributed by atoms with Gasteiger partial charge in [0, 0.05) is 38.1 Å². The SMILES string of the molecule is CC(C)(C)C(=O)N1CCN(Cc2ccc(C#N)cc2)CC1. The number of piperazine rings is 1. The Hall–Kier alpha value is -1.86. The van der Waals surface area contributed by atoms with E-state index in [1.807, 2.05) is 49.9 Å². The lowest BCUT2D eigenvalue weighted by Crippen LogP contribution is -2.51. The Morgan fingerprint density at radius 1 is 1.14 bits per heavy atom. The van der Waals surface area contributed by atoms with Gasteiger partial charge in [-0.1, -0.05) is 32.9 Å². The smallest absolute Gasteiger partial charge is 0.228 e. The van der Waals surface area contributed by atoms with Gasteiger partial charge in [0.15, 0.2) is 0 Å². The number of nitrogens with zero attached hydrogens (tertiary/aromatic N) is 3. The monoisotopic (exact) mass is 285 g/mol. The molecule has 0 radical (unpaired) electrons. The number of nitriles is 1. The maximum Gasteiger partial charge on any atom is 0.228 e. The van der Waals surface area contributed by atoms with Gasteiger partial charge in [-0.25, -0.2) is 0 Å². The second kappa shape index (κ2) is 6.28. The van der Waals surface area contributed by atoms with Crippen molar-refractivity contribution in [2.45, 2.75) is 27.3 Å². The summed E-state index contributed by atoms with van der Waals surface area (Å²) in [6.45, 7) is 10.2. The molecule has 0 aliphatic carbocycles. The zero-order valence-electron chi connectivity index (χ0n) is 13.1. The predicted octanol–water partition coefficient (Wildman–Crippen LogP) is 2.25. The molecule has 0 aromatic heterocycles. The normalized spacial score (nSPS) is 16.6. The molecule has 1 aliphatic rings. The summed E-state index contributed by atoms with van der Waals surface area (Å²) in [6.07, 6.45) is 0. The molecule has 0 bridgehead atoms. The maximum absolute atomic E-state index is 12.2. The molecular formula is C17H23N3O. The number of amides is 1. The van der Waals surface area contributed by atoms with Crippen LogP contribution in [0.15, 0.2) is 24.3 Å². The molecule has 1 fully saturated rings. The first-order chi connectivity index (χ1) is 9.90. The molecule has 2 rings (SSSR count). The van der Waals surface area contributed by atoms with Crippen molar-refractivity contribution >= 4 is 5.91 Å². The molecule has 0 atom stereocenters. The van der Waals surface area contributed by atoms with Gasteiger partial charge in [0.25, 0.3) is 0 Å². The third-order valence-corrected chi connectivity index (χ3v) is 3.79. The van der Waals surface area contributed by atoms with Gasteiger partial charge in [0.1, 0.15) is 0 Å². The molecule has 0 spiro atoms. The van der Waals surface area contributed by atoms with Gasteiger partial charge in [-0.05, 0) is 17.7 Å². The van der Waals surface area contributed by atoms with Crippen LogP contribution >= 0.6 is 0 Å². The largest absolute Gasteiger partial charge is 0.340 e. The molecule has 1 saturated heterocycles. The van der Waals surface area contributed by atoms with E-state index in [0.29, 0.717) is 5.56 Å². The standard InChI is InChI=1S/C17H23N3O/c1-17(2,3)16(21)20-10-8-19(9-11-20)13-15-6-4-14(12-18)5-7-15/h4-7H,8-11,13H2,1-3H3. The number of carbonyl (C=O) groups is 1. The molecular weight excluding hydrogens is 262 g/mol. The summed E-state index contributed by atoms with van der Waals surface area (Å²) >= 11 is 0. The van der Waals surface area contributed by atoms with Crippen molar-refractivity contribution in [3.05, 3.63) is 35.4 Å². The highest BCUT2D eigenvalue weighted by atomic mass is 16.2. The van der Waals surface area contributed by atoms with Gasteiger partial charge in [-0.2, -0.15) is 5.26 Å². The van der Waals surface area contributed by atoms with Gasteiger partial charge >= 0.3 is 0 Å². The first-order valence-corrected chi connectivity index (χ1v) is 7.41. The van der Waals surface area contributed by atoms with E-state index in [1.165, 1.54) is 5.56 Å². The minimum atomic E-state index is -0.296. The lowest BCUT2D eigenvalue weighted by Gasteiger charge is -2.37. The van der Waals surface area contributed by atoms with Crippen LogP contribution in [0, 0.1) is 16.7 Å². The van der Waals surface area contributed by atoms with Crippen LogP contribution in [0.25, 0.3) is 0 Å². The van der Waals surface area contributed by atoms with Crippen LogP contribution in [0.5, 0.6) is 0 Å². The first kappa shape index (κ1) is 15.5. The molecule has 0 N–H and O–H groups in total. The topological polar surface area (TPSA) is 47.3 Å². The fraction of sp³-hybridized carbons (Fsp3) is 0.529. The molecule has 4 nitrogen and oxygen atoms in total. The van der Waals surface area contributed by atoms with Crippen molar-refractivity contribution in [2.75, 3.05) is 26.2 Å². The molecule has 0 unspecified atom stereocenters. The van der Waals surface area contributed by atoms with Crippen LogP contribution in [0.3, 0.4) is 0 Å². The minimum Gasteiger partial charge on any atom is -0.340 e. The Labute approximate surface area is 127 Å². The summed E-state index contributed by atoms with van der Waals surface area (Å²) < 4.78 is 0. The average Bonchev–Trinajstić information content (AvgIpc) is 2.47. The van der Waals surface area contributed by atoms with Gasteiger partial charge < -0.3 is 4.90 Å². The Morgan fingerprint density at radius 3 is 2.19 bits per heavy atom. The fourth-order valence-corrected chi connectivity index (χ4v) is 2.53. The molecule has 1 aromatic carbocycles. The average molecular weight is 285 g/mol. The highest BCUT2D eigenvalue weighted by molar-refractivity contribution is 5.81. The van der Waals surface area contributed by atoms with E-state index in [9.17, 15) is 4.79 Å². The van der Waals surface area contributed by atoms with Crippen LogP contribution in [0.2, 0.25) is 0 Å². The molecule has 4 heteroatoms. The van der Waals surface area contributed by atoms with Crippen molar-refractivity contribution in [2.24, 2.45) is 5.41 Å². The number of hydrogen-bond donors (Lipinski definition) is 0. The van der Waals surface area contributed by atoms with Crippen molar-refractivity contribution in [1.82, 2.24) is 9.80 Å². The molecule has 1 amide bonds. The molecule has 112 valence electrons. The van der Waals surface area contributed by atoms with E-state index < -0.39 is 0 Å². The van der Waals surface area contributed by atoms with Gasteiger partial charge in [-0.15, -0.1) is 0 Å². The Morgan fingerprint density at radius 2 is 1.71 bits per heavy atom. The molecule has 0 saturated carbocycles. The quantitative estimate of drug-likeness (QED) is 0.837. The van der Waals surface area contributed by atoms with Gasteiger partial charge in [0.2, 0.25) is 5.91 Å². The zero-order chi connectivity index (χ0) is 15.5. The van der Waals surface area contributed by atoms with E-state index in [4.69, 9.17) is 5.26 Å². The first-order valence-electron chi connectivity index (χ1n) is 7.41. The van der Waals surface area contributed by atoms with E-state index in [0.717, 1.165) is 32.7 Å². The third kappa shape index (κ3) is 4.05. The summed E-state index contributed by atoms with van der Waals surface area (Å²) in [5.74, 6) is 0.237. The van der Waals surface area contributed by atoms with Crippen LogP contribution < -0.4 is 0 Å². The Kier molecular flexibility index (Phi) is 4.64. The molecule has 1 aromatic rings. The van der Waals surface area contributed by atoms with Gasteiger partial charge in [-0.3, -0.25) is 9.69 Å². The van der Waals surface area contributed by atoms with E-state index in [2.05, 4.69) is 11.0 Å². The summed E-state index contributed by atoms with van der Waals surface area (Å²) in [7, 11) is 0. The van der Waals surface area contributed by atoms with E-state index >= 15 is 0 Å². The summed E-state index contributed by atoms with van der Waals surface area (Å²) in [4.78, 5) is 16.6. The maximum atomic E-state index is 12.2. The number of rotatable bonds is 2. The predicted molar refractivity (Wildman–Crippen MR) is 82.5 cm³/mol. The van der Waals surface area contributed by atoms with E-state index in [1.54, 1.807) is 0 Å². The summed E-state index contributed by atoms with van der Waals surface area (Å²) in [5, 5.41) is 8.80. The lowest BCUT2D eigenvalue weighted by molar-refractivity contribution is -0.141. The van der Waals surface area contributed by atoms with Crippen molar-refractivity contribution in [1.29, 1.82) is 5.26 Å². The van der Waals surface area contributed by atoms with Gasteiger partial charge in [0.05, 0.1) is 11.6 Å². The zero-order valence-corrected chi connectivity index (χ0v) is 13.1. The summed E-state index contributed by atoms with van der Waals surface area (Å²) in [6, 6.07) is 9.85. The van der Waals surface area contributed by atoms with E-state index in [-0.39, 0.29) is 11.3 Å². The molecule has 1 heterocycles. The summed E-state index contributed by atoms with van der Waals surface area (Å²) in [5.41, 5.74) is 1.61. The second-order valence-corrected chi connectivity index (χ2v) is 6.63. The number of benzene rings is 1.